The maximum atomic E-state index is 11.8. The molecule has 2 aromatic rings. The van der Waals surface area contributed by atoms with Gasteiger partial charge in [0.1, 0.15) is 17.8 Å². The van der Waals surface area contributed by atoms with E-state index in [1.165, 1.54) is 6.33 Å². The third-order valence-corrected chi connectivity index (χ3v) is 2.54. The molecule has 0 aliphatic heterocycles. The van der Waals surface area contributed by atoms with Gasteiger partial charge in [-0.2, -0.15) is 0 Å². The number of hydrogen-bond donors (Lipinski definition) is 2. The minimum Gasteiger partial charge on any atom is -0.366 e. The Bertz CT molecular complexity index is 571. The molecule has 2 rings (SSSR count). The van der Waals surface area contributed by atoms with Crippen LogP contribution in [0.25, 0.3) is 0 Å². The third kappa shape index (κ3) is 4.01. The second kappa shape index (κ2) is 6.60. The first-order chi connectivity index (χ1) is 9.65. The number of aromatic nitrogens is 3. The van der Waals surface area contributed by atoms with Crippen LogP contribution in [0.1, 0.15) is 29.9 Å². The van der Waals surface area contributed by atoms with Gasteiger partial charge >= 0.3 is 0 Å². The molecule has 6 nitrogen and oxygen atoms in total. The van der Waals surface area contributed by atoms with Crippen LogP contribution in [0.5, 0.6) is 0 Å². The molecule has 2 N–H and O–H groups in total. The molecule has 0 atom stereocenters. The zero-order valence-corrected chi connectivity index (χ0v) is 11.5. The number of carbonyl (C=O) groups excluding carboxylic acids is 1. The first-order valence-corrected chi connectivity index (χ1v) is 6.41. The Morgan fingerprint density at radius 2 is 2.00 bits per heavy atom. The smallest absolute Gasteiger partial charge is 0.270 e. The first-order valence-electron chi connectivity index (χ1n) is 6.41. The maximum absolute atomic E-state index is 11.8. The van der Waals surface area contributed by atoms with E-state index in [0.29, 0.717) is 18.1 Å². The van der Waals surface area contributed by atoms with E-state index >= 15 is 0 Å². The molecule has 0 bridgehead atoms. The van der Waals surface area contributed by atoms with Crippen LogP contribution in [0, 0.1) is 0 Å². The highest BCUT2D eigenvalue weighted by atomic mass is 16.1. The molecule has 0 saturated heterocycles. The maximum Gasteiger partial charge on any atom is 0.270 e. The molecule has 104 valence electrons. The quantitative estimate of drug-likeness (QED) is 0.864. The van der Waals surface area contributed by atoms with E-state index in [2.05, 4.69) is 25.6 Å². The highest BCUT2D eigenvalue weighted by Crippen LogP contribution is 2.07. The number of nitrogens with one attached hydrogen (secondary N) is 2. The van der Waals surface area contributed by atoms with E-state index in [0.717, 1.165) is 5.56 Å². The first kappa shape index (κ1) is 13.9. The van der Waals surface area contributed by atoms with E-state index < -0.39 is 0 Å². The summed E-state index contributed by atoms with van der Waals surface area (Å²) in [6, 6.07) is 5.55. The molecular formula is C14H17N5O. The van der Waals surface area contributed by atoms with E-state index in [4.69, 9.17) is 0 Å². The van der Waals surface area contributed by atoms with Crippen molar-refractivity contribution in [1.29, 1.82) is 0 Å². The number of pyridine rings is 1. The molecule has 2 heterocycles. The van der Waals surface area contributed by atoms with E-state index in [9.17, 15) is 4.79 Å². The van der Waals surface area contributed by atoms with Gasteiger partial charge in [-0.05, 0) is 31.5 Å². The van der Waals surface area contributed by atoms with Gasteiger partial charge in [-0.3, -0.25) is 9.78 Å². The Morgan fingerprint density at radius 1 is 1.25 bits per heavy atom. The Balaban J connectivity index is 2.01. The Morgan fingerprint density at radius 3 is 2.70 bits per heavy atom. The molecule has 0 fully saturated rings. The molecule has 0 unspecified atom stereocenters. The molecule has 2 aromatic heterocycles. The van der Waals surface area contributed by atoms with Crippen LogP contribution in [0.3, 0.4) is 0 Å². The van der Waals surface area contributed by atoms with Crippen molar-refractivity contribution in [3.8, 4) is 0 Å². The average molecular weight is 271 g/mol. The Kier molecular flexibility index (Phi) is 4.60. The predicted molar refractivity (Wildman–Crippen MR) is 76.2 cm³/mol. The second-order valence-electron chi connectivity index (χ2n) is 4.63. The fourth-order valence-corrected chi connectivity index (χ4v) is 1.61. The molecular weight excluding hydrogens is 254 g/mol. The van der Waals surface area contributed by atoms with Crippen LogP contribution in [-0.4, -0.2) is 26.9 Å². The topological polar surface area (TPSA) is 79.8 Å². The summed E-state index contributed by atoms with van der Waals surface area (Å²) in [7, 11) is 0. The van der Waals surface area contributed by atoms with Crippen molar-refractivity contribution in [2.45, 2.75) is 26.4 Å². The van der Waals surface area contributed by atoms with Crippen LogP contribution in [-0.2, 0) is 6.54 Å². The monoisotopic (exact) mass is 271 g/mol. The van der Waals surface area contributed by atoms with Crippen molar-refractivity contribution in [1.82, 2.24) is 20.3 Å². The lowest BCUT2D eigenvalue weighted by molar-refractivity contribution is 0.0938. The number of hydrogen-bond acceptors (Lipinski definition) is 5. The van der Waals surface area contributed by atoms with Crippen LogP contribution >= 0.6 is 0 Å². The van der Waals surface area contributed by atoms with Gasteiger partial charge in [-0.25, -0.2) is 9.97 Å². The lowest BCUT2D eigenvalue weighted by Gasteiger charge is -2.09. The van der Waals surface area contributed by atoms with Crippen molar-refractivity contribution in [2.75, 3.05) is 5.32 Å². The van der Waals surface area contributed by atoms with Crippen LogP contribution in [0.4, 0.5) is 5.82 Å². The second-order valence-corrected chi connectivity index (χ2v) is 4.63. The fraction of sp³-hybridized carbons (Fsp3) is 0.286. The standard InChI is InChI=1S/C14H17N5O/c1-10(2)19-14(20)12-7-13(18-9-17-12)16-8-11-3-5-15-6-4-11/h3-7,9-10H,8H2,1-2H3,(H,19,20)(H,16,17,18). The van der Waals surface area contributed by atoms with Crippen LogP contribution in [0.15, 0.2) is 36.9 Å². The minimum atomic E-state index is -0.200. The average Bonchev–Trinajstić information content (AvgIpc) is 2.46. The summed E-state index contributed by atoms with van der Waals surface area (Å²) in [5, 5.41) is 5.95. The fourth-order valence-electron chi connectivity index (χ4n) is 1.61. The predicted octanol–water partition coefficient (Wildman–Crippen LogP) is 1.62. The van der Waals surface area contributed by atoms with Gasteiger partial charge in [-0.15, -0.1) is 0 Å². The Hall–Kier alpha value is -2.50. The molecule has 0 aliphatic rings. The number of anilines is 1. The number of carbonyl (C=O) groups is 1. The minimum absolute atomic E-state index is 0.0747. The molecule has 0 saturated carbocycles. The van der Waals surface area contributed by atoms with Gasteiger partial charge in [0.25, 0.3) is 5.91 Å². The molecule has 0 aliphatic carbocycles. The van der Waals surface area contributed by atoms with Crippen molar-refractivity contribution in [3.05, 3.63) is 48.2 Å². The summed E-state index contributed by atoms with van der Waals surface area (Å²) >= 11 is 0. The van der Waals surface area contributed by atoms with Gasteiger partial charge in [0.15, 0.2) is 0 Å². The summed E-state index contributed by atoms with van der Waals surface area (Å²) in [6.45, 7) is 4.42. The molecule has 20 heavy (non-hydrogen) atoms. The van der Waals surface area contributed by atoms with Gasteiger partial charge in [0.2, 0.25) is 0 Å². The van der Waals surface area contributed by atoms with Crippen molar-refractivity contribution < 1.29 is 4.79 Å². The zero-order valence-electron chi connectivity index (χ0n) is 11.5. The van der Waals surface area contributed by atoms with Gasteiger partial charge < -0.3 is 10.6 Å². The third-order valence-electron chi connectivity index (χ3n) is 2.54. The van der Waals surface area contributed by atoms with E-state index in [1.54, 1.807) is 18.5 Å². The van der Waals surface area contributed by atoms with Crippen molar-refractivity contribution >= 4 is 11.7 Å². The lowest BCUT2D eigenvalue weighted by atomic mass is 10.2. The molecule has 0 aromatic carbocycles. The molecule has 0 radical (unpaired) electrons. The highest BCUT2D eigenvalue weighted by Gasteiger charge is 2.09. The van der Waals surface area contributed by atoms with Crippen LogP contribution in [0.2, 0.25) is 0 Å². The number of nitrogens with zero attached hydrogens (tertiary/aromatic N) is 3. The van der Waals surface area contributed by atoms with Gasteiger partial charge in [0, 0.05) is 31.0 Å². The largest absolute Gasteiger partial charge is 0.366 e. The van der Waals surface area contributed by atoms with Gasteiger partial charge in [0.05, 0.1) is 0 Å². The van der Waals surface area contributed by atoms with Crippen molar-refractivity contribution in [2.24, 2.45) is 0 Å². The molecule has 0 spiro atoms. The van der Waals surface area contributed by atoms with Crippen LogP contribution < -0.4 is 10.6 Å². The highest BCUT2D eigenvalue weighted by molar-refractivity contribution is 5.92. The molecule has 1 amide bonds. The summed E-state index contributed by atoms with van der Waals surface area (Å²) in [6.07, 6.45) is 4.85. The normalized spacial score (nSPS) is 10.3. The summed E-state index contributed by atoms with van der Waals surface area (Å²) < 4.78 is 0. The Labute approximate surface area is 117 Å². The van der Waals surface area contributed by atoms with E-state index in [-0.39, 0.29) is 11.9 Å². The van der Waals surface area contributed by atoms with Gasteiger partial charge in [-0.1, -0.05) is 0 Å². The SMILES string of the molecule is CC(C)NC(=O)c1cc(NCc2ccncc2)ncn1. The number of rotatable bonds is 5. The van der Waals surface area contributed by atoms with Crippen molar-refractivity contribution in [3.63, 3.8) is 0 Å². The van der Waals surface area contributed by atoms with E-state index in [1.807, 2.05) is 26.0 Å². The summed E-state index contributed by atoms with van der Waals surface area (Å²) in [5.41, 5.74) is 1.44. The summed E-state index contributed by atoms with van der Waals surface area (Å²) in [5.74, 6) is 0.417. The zero-order chi connectivity index (χ0) is 14.4. The number of amides is 1. The summed E-state index contributed by atoms with van der Waals surface area (Å²) in [4.78, 5) is 23.9. The lowest BCUT2D eigenvalue weighted by Crippen LogP contribution is -2.30. The molecule has 6 heteroatoms.